The van der Waals surface area contributed by atoms with Crippen LogP contribution in [0.2, 0.25) is 0 Å². The summed E-state index contributed by atoms with van der Waals surface area (Å²) < 4.78 is 26.9. The fourth-order valence-corrected chi connectivity index (χ4v) is 1.87. The smallest absolute Gasteiger partial charge is 0.139 e. The Balaban J connectivity index is 2.12. The lowest BCUT2D eigenvalue weighted by atomic mass is 10.1. The van der Waals surface area contributed by atoms with Crippen LogP contribution < -0.4 is 5.32 Å². The van der Waals surface area contributed by atoms with Crippen molar-refractivity contribution in [2.45, 2.75) is 6.54 Å². The summed E-state index contributed by atoms with van der Waals surface area (Å²) in [6.07, 6.45) is 0. The SMILES string of the molecule is N#Cc1cc(F)cc(CNc2ccc(Br)c(F)c2)c1. The molecule has 0 aromatic heterocycles. The molecule has 0 atom stereocenters. The quantitative estimate of drug-likeness (QED) is 0.918. The molecule has 1 N–H and O–H groups in total. The fourth-order valence-electron chi connectivity index (χ4n) is 1.63. The van der Waals surface area contributed by atoms with Gasteiger partial charge < -0.3 is 5.32 Å². The van der Waals surface area contributed by atoms with E-state index in [0.29, 0.717) is 22.3 Å². The minimum Gasteiger partial charge on any atom is -0.381 e. The monoisotopic (exact) mass is 322 g/mol. The van der Waals surface area contributed by atoms with E-state index < -0.39 is 5.82 Å². The molecule has 0 saturated carbocycles. The van der Waals surface area contributed by atoms with Gasteiger partial charge in [-0.2, -0.15) is 5.26 Å². The number of nitrogens with zero attached hydrogens (tertiary/aromatic N) is 1. The summed E-state index contributed by atoms with van der Waals surface area (Å²) in [6.45, 7) is 0.313. The van der Waals surface area contributed by atoms with Gasteiger partial charge in [-0.15, -0.1) is 0 Å². The van der Waals surface area contributed by atoms with Gasteiger partial charge in [0, 0.05) is 12.2 Å². The van der Waals surface area contributed by atoms with E-state index in [4.69, 9.17) is 5.26 Å². The summed E-state index contributed by atoms with van der Waals surface area (Å²) in [4.78, 5) is 0. The zero-order valence-electron chi connectivity index (χ0n) is 9.75. The summed E-state index contributed by atoms with van der Waals surface area (Å²) in [5.41, 5.74) is 1.47. The third-order valence-electron chi connectivity index (χ3n) is 2.50. The minimum absolute atomic E-state index is 0.263. The molecule has 5 heteroatoms. The Kier molecular flexibility index (Phi) is 4.13. The van der Waals surface area contributed by atoms with E-state index in [-0.39, 0.29) is 11.4 Å². The van der Waals surface area contributed by atoms with Gasteiger partial charge in [0.15, 0.2) is 0 Å². The number of benzene rings is 2. The van der Waals surface area contributed by atoms with Crippen LogP contribution in [0.4, 0.5) is 14.5 Å². The second-order valence-electron chi connectivity index (χ2n) is 3.94. The molecule has 0 bridgehead atoms. The zero-order chi connectivity index (χ0) is 13.8. The molecular weight excluding hydrogens is 314 g/mol. The van der Waals surface area contributed by atoms with Crippen LogP contribution in [0.5, 0.6) is 0 Å². The lowest BCUT2D eigenvalue weighted by Gasteiger charge is -2.07. The third-order valence-corrected chi connectivity index (χ3v) is 3.15. The number of hydrogen-bond acceptors (Lipinski definition) is 2. The molecule has 2 aromatic carbocycles. The van der Waals surface area contributed by atoms with E-state index in [1.807, 2.05) is 6.07 Å². The average molecular weight is 323 g/mol. The predicted molar refractivity (Wildman–Crippen MR) is 72.5 cm³/mol. The molecule has 0 amide bonds. The van der Waals surface area contributed by atoms with Crippen molar-refractivity contribution in [1.82, 2.24) is 0 Å². The molecular formula is C14H9BrF2N2. The first kappa shape index (κ1) is 13.5. The molecule has 0 unspecified atom stereocenters. The molecule has 2 rings (SSSR count). The summed E-state index contributed by atoms with van der Waals surface area (Å²) in [7, 11) is 0. The van der Waals surface area contributed by atoms with Crippen molar-refractivity contribution in [3.05, 3.63) is 63.6 Å². The molecule has 0 spiro atoms. The highest BCUT2D eigenvalue weighted by molar-refractivity contribution is 9.10. The Morgan fingerprint density at radius 2 is 1.95 bits per heavy atom. The highest BCUT2D eigenvalue weighted by Crippen LogP contribution is 2.20. The third kappa shape index (κ3) is 3.52. The average Bonchev–Trinajstić information content (AvgIpc) is 2.39. The number of nitriles is 1. The summed E-state index contributed by atoms with van der Waals surface area (Å²) in [5.74, 6) is -0.834. The van der Waals surface area contributed by atoms with Gasteiger partial charge in [0.25, 0.3) is 0 Å². The second kappa shape index (κ2) is 5.81. The van der Waals surface area contributed by atoms with Gasteiger partial charge in [-0.1, -0.05) is 0 Å². The van der Waals surface area contributed by atoms with Gasteiger partial charge in [0.2, 0.25) is 0 Å². The lowest BCUT2D eigenvalue weighted by molar-refractivity contribution is 0.621. The van der Waals surface area contributed by atoms with Crippen molar-refractivity contribution in [3.63, 3.8) is 0 Å². The number of anilines is 1. The maximum atomic E-state index is 13.3. The summed E-state index contributed by atoms with van der Waals surface area (Å²) in [6, 6.07) is 10.6. The Morgan fingerprint density at radius 3 is 2.63 bits per heavy atom. The van der Waals surface area contributed by atoms with Crippen LogP contribution >= 0.6 is 15.9 Å². The first-order valence-electron chi connectivity index (χ1n) is 5.47. The molecule has 2 aromatic rings. The van der Waals surface area contributed by atoms with Gasteiger partial charge in [0.05, 0.1) is 16.1 Å². The van der Waals surface area contributed by atoms with E-state index in [1.54, 1.807) is 18.2 Å². The van der Waals surface area contributed by atoms with Gasteiger partial charge in [-0.25, -0.2) is 8.78 Å². The second-order valence-corrected chi connectivity index (χ2v) is 4.80. The number of halogens is 3. The van der Waals surface area contributed by atoms with Crippen molar-refractivity contribution in [2.24, 2.45) is 0 Å². The van der Waals surface area contributed by atoms with Crippen molar-refractivity contribution in [1.29, 1.82) is 5.26 Å². The Hall–Kier alpha value is -1.93. The molecule has 0 heterocycles. The Bertz CT molecular complexity index is 650. The van der Waals surface area contributed by atoms with Gasteiger partial charge >= 0.3 is 0 Å². The first-order chi connectivity index (χ1) is 9.08. The van der Waals surface area contributed by atoms with Gasteiger partial charge in [-0.3, -0.25) is 0 Å². The van der Waals surface area contributed by atoms with Crippen LogP contribution in [0.3, 0.4) is 0 Å². The van der Waals surface area contributed by atoms with Crippen LogP contribution in [0, 0.1) is 23.0 Å². The van der Waals surface area contributed by atoms with Crippen molar-refractivity contribution < 1.29 is 8.78 Å². The largest absolute Gasteiger partial charge is 0.381 e. The molecule has 0 saturated heterocycles. The fraction of sp³-hybridized carbons (Fsp3) is 0.0714. The van der Waals surface area contributed by atoms with E-state index in [2.05, 4.69) is 21.2 Å². The van der Waals surface area contributed by atoms with Crippen molar-refractivity contribution in [3.8, 4) is 6.07 Å². The highest BCUT2D eigenvalue weighted by Gasteiger charge is 2.03. The minimum atomic E-state index is -0.460. The summed E-state index contributed by atoms with van der Waals surface area (Å²) >= 11 is 3.07. The van der Waals surface area contributed by atoms with Crippen molar-refractivity contribution >= 4 is 21.6 Å². The molecule has 0 aliphatic heterocycles. The van der Waals surface area contributed by atoms with E-state index in [1.165, 1.54) is 18.2 Å². The zero-order valence-corrected chi connectivity index (χ0v) is 11.3. The molecule has 19 heavy (non-hydrogen) atoms. The van der Waals surface area contributed by atoms with Crippen molar-refractivity contribution in [2.75, 3.05) is 5.32 Å². The topological polar surface area (TPSA) is 35.8 Å². The van der Waals surface area contributed by atoms with Crippen LogP contribution in [-0.2, 0) is 6.54 Å². The molecule has 0 radical (unpaired) electrons. The number of hydrogen-bond donors (Lipinski definition) is 1. The lowest BCUT2D eigenvalue weighted by Crippen LogP contribution is -2.01. The van der Waals surface area contributed by atoms with Crippen LogP contribution in [0.15, 0.2) is 40.9 Å². The molecule has 2 nitrogen and oxygen atoms in total. The molecule has 0 fully saturated rings. The van der Waals surface area contributed by atoms with Gasteiger partial charge in [-0.05, 0) is 57.9 Å². The standard InChI is InChI=1S/C14H9BrF2N2/c15-13-2-1-12(6-14(13)17)19-8-10-3-9(7-18)4-11(16)5-10/h1-6,19H,8H2. The van der Waals surface area contributed by atoms with E-state index in [9.17, 15) is 8.78 Å². The maximum absolute atomic E-state index is 13.3. The van der Waals surface area contributed by atoms with E-state index >= 15 is 0 Å². The Labute approximate surface area is 117 Å². The maximum Gasteiger partial charge on any atom is 0.139 e. The normalized spacial score (nSPS) is 10.0. The van der Waals surface area contributed by atoms with Crippen LogP contribution in [0.25, 0.3) is 0 Å². The van der Waals surface area contributed by atoms with Crippen LogP contribution in [0.1, 0.15) is 11.1 Å². The number of nitrogens with one attached hydrogen (secondary N) is 1. The highest BCUT2D eigenvalue weighted by atomic mass is 79.9. The predicted octanol–water partition coefficient (Wildman–Crippen LogP) is 4.21. The summed E-state index contributed by atoms with van der Waals surface area (Å²) in [5, 5.41) is 11.7. The van der Waals surface area contributed by atoms with Gasteiger partial charge in [0.1, 0.15) is 11.6 Å². The molecule has 0 aliphatic carbocycles. The first-order valence-corrected chi connectivity index (χ1v) is 6.26. The Morgan fingerprint density at radius 1 is 1.16 bits per heavy atom. The number of rotatable bonds is 3. The van der Waals surface area contributed by atoms with Crippen LogP contribution in [-0.4, -0.2) is 0 Å². The van der Waals surface area contributed by atoms with E-state index in [0.717, 1.165) is 0 Å². The molecule has 0 aliphatic rings. The molecule has 96 valence electrons.